The van der Waals surface area contributed by atoms with Gasteiger partial charge in [-0.2, -0.15) is 4.31 Å². The Balaban J connectivity index is 2.31. The Labute approximate surface area is 125 Å². The van der Waals surface area contributed by atoms with E-state index in [9.17, 15) is 8.42 Å². The molecule has 20 heavy (non-hydrogen) atoms. The zero-order chi connectivity index (χ0) is 14.8. The fourth-order valence-corrected chi connectivity index (χ4v) is 4.93. The molecule has 1 heterocycles. The summed E-state index contributed by atoms with van der Waals surface area (Å²) in [6, 6.07) is 4.94. The molecule has 4 nitrogen and oxygen atoms in total. The van der Waals surface area contributed by atoms with Gasteiger partial charge >= 0.3 is 0 Å². The number of benzene rings is 1. The normalized spacial score (nSPS) is 20.4. The largest absolute Gasteiger partial charge is 0.396 e. The Morgan fingerprint density at radius 3 is 2.90 bits per heavy atom. The van der Waals surface area contributed by atoms with Crippen LogP contribution in [-0.4, -0.2) is 37.0 Å². The molecule has 1 saturated heterocycles. The Hall–Kier alpha value is -0.620. The van der Waals surface area contributed by atoms with Gasteiger partial charge < -0.3 is 5.11 Å². The molecule has 0 amide bonds. The van der Waals surface area contributed by atoms with E-state index in [1.165, 1.54) is 6.07 Å². The minimum Gasteiger partial charge on any atom is -0.396 e. The Morgan fingerprint density at radius 1 is 1.45 bits per heavy atom. The van der Waals surface area contributed by atoms with E-state index in [0.29, 0.717) is 34.9 Å². The van der Waals surface area contributed by atoms with Crippen molar-refractivity contribution in [1.82, 2.24) is 4.31 Å². The molecule has 1 N–H and O–H groups in total. The molecule has 0 saturated carbocycles. The molecule has 6 heteroatoms. The summed E-state index contributed by atoms with van der Waals surface area (Å²) in [4.78, 5) is 0.292. The van der Waals surface area contributed by atoms with Crippen molar-refractivity contribution in [2.24, 2.45) is 0 Å². The molecule has 1 aromatic rings. The minimum absolute atomic E-state index is 0.00877. The topological polar surface area (TPSA) is 57.6 Å². The number of halogens is 1. The number of aliphatic hydroxyl groups is 1. The lowest BCUT2D eigenvalue weighted by atomic mass is 10.1. The number of rotatable bonds is 5. The maximum atomic E-state index is 12.8. The van der Waals surface area contributed by atoms with Crippen molar-refractivity contribution in [2.75, 3.05) is 13.2 Å². The molecular weight excluding hydrogens is 298 g/mol. The summed E-state index contributed by atoms with van der Waals surface area (Å²) in [7, 11) is -3.50. The average Bonchev–Trinajstić information content (AvgIpc) is 2.88. The summed E-state index contributed by atoms with van der Waals surface area (Å²) >= 11 is 5.93. The molecule has 1 aliphatic rings. The van der Waals surface area contributed by atoms with Crippen LogP contribution in [0.1, 0.15) is 31.2 Å². The van der Waals surface area contributed by atoms with Gasteiger partial charge in [0, 0.05) is 24.2 Å². The Morgan fingerprint density at radius 2 is 2.20 bits per heavy atom. The van der Waals surface area contributed by atoms with Gasteiger partial charge in [-0.15, -0.1) is 0 Å². The van der Waals surface area contributed by atoms with Crippen LogP contribution in [0.4, 0.5) is 0 Å². The molecule has 0 radical (unpaired) electrons. The average molecular weight is 318 g/mol. The van der Waals surface area contributed by atoms with Gasteiger partial charge in [0.15, 0.2) is 0 Å². The van der Waals surface area contributed by atoms with Gasteiger partial charge in [-0.3, -0.25) is 0 Å². The molecule has 1 unspecified atom stereocenters. The molecular formula is C14H20ClNO3S. The van der Waals surface area contributed by atoms with Crippen LogP contribution < -0.4 is 0 Å². The molecule has 0 spiro atoms. The minimum atomic E-state index is -3.50. The van der Waals surface area contributed by atoms with Crippen molar-refractivity contribution >= 4 is 21.6 Å². The van der Waals surface area contributed by atoms with Crippen molar-refractivity contribution in [2.45, 2.75) is 43.5 Å². The summed E-state index contributed by atoms with van der Waals surface area (Å²) < 4.78 is 27.1. The lowest BCUT2D eigenvalue weighted by Crippen LogP contribution is -2.36. The molecule has 112 valence electrons. The van der Waals surface area contributed by atoms with E-state index in [-0.39, 0.29) is 12.6 Å². The first-order valence-corrected chi connectivity index (χ1v) is 8.67. The van der Waals surface area contributed by atoms with E-state index < -0.39 is 10.0 Å². The number of sulfonamides is 1. The van der Waals surface area contributed by atoms with Crippen LogP contribution in [0.3, 0.4) is 0 Å². The van der Waals surface area contributed by atoms with E-state index in [0.717, 1.165) is 12.8 Å². The second-order valence-corrected chi connectivity index (χ2v) is 7.48. The van der Waals surface area contributed by atoms with E-state index in [1.54, 1.807) is 23.4 Å². The standard InChI is InChI=1S/C14H20ClNO3S/c1-11-6-7-12(15)10-14(11)20(18,19)16-8-2-4-13(16)5-3-9-17/h6-7,10,13,17H,2-5,8-9H2,1H3. The number of aliphatic hydroxyl groups excluding tert-OH is 1. The van der Waals surface area contributed by atoms with Gasteiger partial charge in [0.25, 0.3) is 0 Å². The second-order valence-electron chi connectivity index (χ2n) is 5.19. The highest BCUT2D eigenvalue weighted by atomic mass is 35.5. The zero-order valence-electron chi connectivity index (χ0n) is 11.5. The fourth-order valence-electron chi connectivity index (χ4n) is 2.72. The van der Waals surface area contributed by atoms with Crippen LogP contribution in [0.15, 0.2) is 23.1 Å². The number of nitrogens with zero attached hydrogens (tertiary/aromatic N) is 1. The first kappa shape index (κ1) is 15.8. The van der Waals surface area contributed by atoms with E-state index in [2.05, 4.69) is 0 Å². The lowest BCUT2D eigenvalue weighted by Gasteiger charge is -2.24. The van der Waals surface area contributed by atoms with Crippen LogP contribution in [0, 0.1) is 6.92 Å². The molecule has 1 atom stereocenters. The summed E-state index contributed by atoms with van der Waals surface area (Å²) in [5.41, 5.74) is 0.710. The number of hydrogen-bond donors (Lipinski definition) is 1. The van der Waals surface area contributed by atoms with Crippen molar-refractivity contribution in [1.29, 1.82) is 0 Å². The van der Waals surface area contributed by atoms with Crippen molar-refractivity contribution in [3.8, 4) is 0 Å². The van der Waals surface area contributed by atoms with Crippen molar-refractivity contribution < 1.29 is 13.5 Å². The summed E-state index contributed by atoms with van der Waals surface area (Å²) in [5.74, 6) is 0. The molecule has 0 aromatic heterocycles. The van der Waals surface area contributed by atoms with Gasteiger partial charge in [0.2, 0.25) is 10.0 Å². The van der Waals surface area contributed by atoms with Crippen LogP contribution in [0.25, 0.3) is 0 Å². The number of aryl methyl sites for hydroxylation is 1. The van der Waals surface area contributed by atoms with Crippen molar-refractivity contribution in [3.05, 3.63) is 28.8 Å². The van der Waals surface area contributed by atoms with E-state index in [4.69, 9.17) is 16.7 Å². The van der Waals surface area contributed by atoms with Gasteiger partial charge in [-0.1, -0.05) is 17.7 Å². The smallest absolute Gasteiger partial charge is 0.243 e. The van der Waals surface area contributed by atoms with Crippen LogP contribution in [0.5, 0.6) is 0 Å². The van der Waals surface area contributed by atoms with E-state index in [1.807, 2.05) is 0 Å². The highest BCUT2D eigenvalue weighted by molar-refractivity contribution is 7.89. The molecule has 2 rings (SSSR count). The Bertz CT molecular complexity index is 574. The third-order valence-corrected chi connectivity index (χ3v) is 6.08. The Kier molecular flexibility index (Phi) is 5.07. The third-order valence-electron chi connectivity index (χ3n) is 3.76. The maximum Gasteiger partial charge on any atom is 0.243 e. The SMILES string of the molecule is Cc1ccc(Cl)cc1S(=O)(=O)N1CCCC1CCCO. The summed E-state index contributed by atoms with van der Waals surface area (Å²) in [5, 5.41) is 9.36. The fraction of sp³-hybridized carbons (Fsp3) is 0.571. The molecule has 0 bridgehead atoms. The summed E-state index contributed by atoms with van der Waals surface area (Å²) in [6.07, 6.45) is 3.06. The molecule has 1 aliphatic heterocycles. The number of hydrogen-bond acceptors (Lipinski definition) is 3. The molecule has 1 aromatic carbocycles. The summed E-state index contributed by atoms with van der Waals surface area (Å²) in [6.45, 7) is 2.42. The van der Waals surface area contributed by atoms with Gasteiger partial charge in [0.05, 0.1) is 4.90 Å². The van der Waals surface area contributed by atoms with Crippen molar-refractivity contribution in [3.63, 3.8) is 0 Å². The molecule has 1 fully saturated rings. The first-order valence-electron chi connectivity index (χ1n) is 6.85. The van der Waals surface area contributed by atoms with Crippen LogP contribution in [-0.2, 0) is 10.0 Å². The zero-order valence-corrected chi connectivity index (χ0v) is 13.1. The first-order chi connectivity index (χ1) is 9.46. The highest BCUT2D eigenvalue weighted by Gasteiger charge is 2.35. The highest BCUT2D eigenvalue weighted by Crippen LogP contribution is 2.31. The second kappa shape index (κ2) is 6.43. The van der Waals surface area contributed by atoms with Crippen LogP contribution >= 0.6 is 11.6 Å². The van der Waals surface area contributed by atoms with Crippen LogP contribution in [0.2, 0.25) is 5.02 Å². The lowest BCUT2D eigenvalue weighted by molar-refractivity contribution is 0.264. The predicted octanol–water partition coefficient (Wildman–Crippen LogP) is 2.57. The maximum absolute atomic E-state index is 12.8. The van der Waals surface area contributed by atoms with Gasteiger partial charge in [-0.25, -0.2) is 8.42 Å². The molecule has 0 aliphatic carbocycles. The monoisotopic (exact) mass is 317 g/mol. The van der Waals surface area contributed by atoms with Gasteiger partial charge in [-0.05, 0) is 50.3 Å². The quantitative estimate of drug-likeness (QED) is 0.908. The third kappa shape index (κ3) is 3.17. The van der Waals surface area contributed by atoms with Gasteiger partial charge in [0.1, 0.15) is 0 Å². The predicted molar refractivity (Wildman–Crippen MR) is 79.4 cm³/mol. The van der Waals surface area contributed by atoms with E-state index >= 15 is 0 Å².